The summed E-state index contributed by atoms with van der Waals surface area (Å²) in [5.74, 6) is -0.745. The zero-order chi connectivity index (χ0) is 10.3. The lowest BCUT2D eigenvalue weighted by Gasteiger charge is -2.02. The van der Waals surface area contributed by atoms with Crippen molar-refractivity contribution in [1.29, 1.82) is 0 Å². The summed E-state index contributed by atoms with van der Waals surface area (Å²) in [7, 11) is 0. The fourth-order valence-corrected chi connectivity index (χ4v) is 0.579. The summed E-state index contributed by atoms with van der Waals surface area (Å²) < 4.78 is 0. The summed E-state index contributed by atoms with van der Waals surface area (Å²) in [6.07, 6.45) is 3.63. The molecule has 0 aliphatic rings. The van der Waals surface area contributed by atoms with Crippen LogP contribution < -0.4 is 16.8 Å². The van der Waals surface area contributed by atoms with E-state index in [4.69, 9.17) is 16.6 Å². The highest BCUT2D eigenvalue weighted by atomic mass is 16.4. The van der Waals surface area contributed by atoms with E-state index in [0.717, 1.165) is 13.0 Å². The topological polar surface area (TPSA) is 101 Å². The Morgan fingerprint density at radius 1 is 1.46 bits per heavy atom. The lowest BCUT2D eigenvalue weighted by atomic mass is 10.4. The Balaban J connectivity index is 4.08. The Morgan fingerprint density at radius 2 is 2.08 bits per heavy atom. The smallest absolute Gasteiger partial charge is 0.351 e. The SMILES string of the molecule is CCCN/C(N)=C/C=C(\N)C(=O)O. The predicted octanol–water partition coefficient (Wildman–Crippen LogP) is -0.287. The third-order valence-corrected chi connectivity index (χ3v) is 1.27. The van der Waals surface area contributed by atoms with Gasteiger partial charge in [-0.2, -0.15) is 0 Å². The van der Waals surface area contributed by atoms with Crippen molar-refractivity contribution < 1.29 is 9.90 Å². The first-order valence-corrected chi connectivity index (χ1v) is 3.98. The van der Waals surface area contributed by atoms with Crippen LogP contribution in [0.25, 0.3) is 0 Å². The molecule has 74 valence electrons. The van der Waals surface area contributed by atoms with Gasteiger partial charge in [0.2, 0.25) is 0 Å². The summed E-state index contributed by atoms with van der Waals surface area (Å²) in [5.41, 5.74) is 10.4. The van der Waals surface area contributed by atoms with Crippen LogP contribution in [-0.4, -0.2) is 17.6 Å². The zero-order valence-corrected chi connectivity index (χ0v) is 7.58. The van der Waals surface area contributed by atoms with Gasteiger partial charge < -0.3 is 21.9 Å². The molecule has 0 radical (unpaired) electrons. The van der Waals surface area contributed by atoms with Crippen LogP contribution in [0.2, 0.25) is 0 Å². The van der Waals surface area contributed by atoms with Gasteiger partial charge in [0.15, 0.2) is 0 Å². The van der Waals surface area contributed by atoms with Crippen LogP contribution in [0, 0.1) is 0 Å². The number of carboxylic acids is 1. The van der Waals surface area contributed by atoms with E-state index in [9.17, 15) is 4.79 Å². The first kappa shape index (κ1) is 11.4. The van der Waals surface area contributed by atoms with Gasteiger partial charge in [-0.15, -0.1) is 0 Å². The third kappa shape index (κ3) is 5.60. The van der Waals surface area contributed by atoms with Gasteiger partial charge in [0.05, 0.1) is 5.82 Å². The van der Waals surface area contributed by atoms with Crippen LogP contribution in [0.4, 0.5) is 0 Å². The largest absolute Gasteiger partial charge is 0.477 e. The molecule has 0 aromatic carbocycles. The van der Waals surface area contributed by atoms with E-state index in [-0.39, 0.29) is 5.70 Å². The summed E-state index contributed by atoms with van der Waals surface area (Å²) in [5, 5.41) is 11.3. The molecule has 6 N–H and O–H groups in total. The quantitative estimate of drug-likeness (QED) is 0.348. The molecule has 13 heavy (non-hydrogen) atoms. The van der Waals surface area contributed by atoms with Gasteiger partial charge in [0, 0.05) is 6.54 Å². The second-order valence-electron chi connectivity index (χ2n) is 2.48. The molecule has 5 nitrogen and oxygen atoms in total. The summed E-state index contributed by atoms with van der Waals surface area (Å²) in [6.45, 7) is 2.75. The molecule has 5 heteroatoms. The summed E-state index contributed by atoms with van der Waals surface area (Å²) in [4.78, 5) is 10.2. The zero-order valence-electron chi connectivity index (χ0n) is 7.58. The average Bonchev–Trinajstić information content (AvgIpc) is 2.10. The number of allylic oxidation sites excluding steroid dienone is 2. The molecule has 0 unspecified atom stereocenters. The molecular formula is C8H15N3O2. The van der Waals surface area contributed by atoms with Crippen LogP contribution in [0.5, 0.6) is 0 Å². The van der Waals surface area contributed by atoms with E-state index >= 15 is 0 Å². The summed E-state index contributed by atoms with van der Waals surface area (Å²) in [6, 6.07) is 0. The van der Waals surface area contributed by atoms with Gasteiger partial charge in [-0.3, -0.25) is 0 Å². The molecule has 0 spiro atoms. The highest BCUT2D eigenvalue weighted by molar-refractivity contribution is 5.85. The Hall–Kier alpha value is -1.65. The highest BCUT2D eigenvalue weighted by Crippen LogP contribution is 1.87. The number of aliphatic carboxylic acids is 1. The molecule has 0 amide bonds. The van der Waals surface area contributed by atoms with Crippen molar-refractivity contribution in [2.45, 2.75) is 13.3 Å². The molecular weight excluding hydrogens is 170 g/mol. The standard InChI is InChI=1S/C8H15N3O2/c1-2-5-11-7(10)4-3-6(9)8(12)13/h3-4,11H,2,5,9-10H2,1H3,(H,12,13)/b6-3-,7-4+. The molecule has 0 rings (SSSR count). The molecule has 0 heterocycles. The molecule has 0 aromatic heterocycles. The molecule has 0 saturated carbocycles. The van der Waals surface area contributed by atoms with Gasteiger partial charge >= 0.3 is 5.97 Å². The molecule has 0 aliphatic carbocycles. The van der Waals surface area contributed by atoms with Gasteiger partial charge in [-0.05, 0) is 18.6 Å². The van der Waals surface area contributed by atoms with Crippen molar-refractivity contribution in [2.75, 3.05) is 6.54 Å². The molecule has 0 aromatic rings. The van der Waals surface area contributed by atoms with Crippen molar-refractivity contribution in [1.82, 2.24) is 5.32 Å². The van der Waals surface area contributed by atoms with Gasteiger partial charge in [-0.1, -0.05) is 6.92 Å². The van der Waals surface area contributed by atoms with E-state index in [1.807, 2.05) is 6.92 Å². The lowest BCUT2D eigenvalue weighted by Crippen LogP contribution is -2.20. The molecule has 0 aliphatic heterocycles. The van der Waals surface area contributed by atoms with E-state index in [0.29, 0.717) is 5.82 Å². The Labute approximate surface area is 77.1 Å². The van der Waals surface area contributed by atoms with Crippen molar-refractivity contribution in [2.24, 2.45) is 11.5 Å². The fourth-order valence-electron chi connectivity index (χ4n) is 0.579. The number of rotatable bonds is 5. The second kappa shape index (κ2) is 5.93. The van der Waals surface area contributed by atoms with Crippen molar-refractivity contribution in [3.63, 3.8) is 0 Å². The third-order valence-electron chi connectivity index (χ3n) is 1.27. The molecule has 0 bridgehead atoms. The maximum atomic E-state index is 10.2. The van der Waals surface area contributed by atoms with E-state index in [1.54, 1.807) is 0 Å². The average molecular weight is 185 g/mol. The Morgan fingerprint density at radius 3 is 2.54 bits per heavy atom. The normalized spacial score (nSPS) is 12.7. The number of nitrogens with two attached hydrogens (primary N) is 2. The minimum Gasteiger partial charge on any atom is -0.477 e. The van der Waals surface area contributed by atoms with Crippen molar-refractivity contribution in [3.05, 3.63) is 23.7 Å². The first-order chi connectivity index (χ1) is 6.07. The maximum absolute atomic E-state index is 10.2. The summed E-state index contributed by atoms with van der Waals surface area (Å²) >= 11 is 0. The lowest BCUT2D eigenvalue weighted by molar-refractivity contribution is -0.132. The Kier molecular flexibility index (Phi) is 5.18. The van der Waals surface area contributed by atoms with E-state index in [2.05, 4.69) is 5.32 Å². The van der Waals surface area contributed by atoms with E-state index in [1.165, 1.54) is 12.2 Å². The van der Waals surface area contributed by atoms with Crippen LogP contribution in [0.3, 0.4) is 0 Å². The van der Waals surface area contributed by atoms with Crippen LogP contribution in [0.1, 0.15) is 13.3 Å². The highest BCUT2D eigenvalue weighted by Gasteiger charge is 1.97. The minimum atomic E-state index is -1.15. The molecule has 0 saturated heterocycles. The second-order valence-corrected chi connectivity index (χ2v) is 2.48. The van der Waals surface area contributed by atoms with Gasteiger partial charge in [0.25, 0.3) is 0 Å². The van der Waals surface area contributed by atoms with Gasteiger partial charge in [0.1, 0.15) is 5.70 Å². The predicted molar refractivity (Wildman–Crippen MR) is 50.5 cm³/mol. The Bertz CT molecular complexity index is 234. The van der Waals surface area contributed by atoms with Crippen LogP contribution >= 0.6 is 0 Å². The first-order valence-electron chi connectivity index (χ1n) is 3.98. The number of hydrogen-bond acceptors (Lipinski definition) is 4. The number of carbonyl (C=O) groups is 1. The molecule has 0 fully saturated rings. The monoisotopic (exact) mass is 185 g/mol. The maximum Gasteiger partial charge on any atom is 0.351 e. The van der Waals surface area contributed by atoms with Gasteiger partial charge in [-0.25, -0.2) is 4.79 Å². The fraction of sp³-hybridized carbons (Fsp3) is 0.375. The van der Waals surface area contributed by atoms with Crippen molar-refractivity contribution >= 4 is 5.97 Å². The van der Waals surface area contributed by atoms with E-state index < -0.39 is 5.97 Å². The van der Waals surface area contributed by atoms with Crippen molar-refractivity contribution in [3.8, 4) is 0 Å². The number of carboxylic acid groups (broad SMARTS) is 1. The van der Waals surface area contributed by atoms with Crippen LogP contribution in [0.15, 0.2) is 23.7 Å². The number of nitrogens with one attached hydrogen (secondary N) is 1. The van der Waals surface area contributed by atoms with Crippen LogP contribution in [-0.2, 0) is 4.79 Å². The minimum absolute atomic E-state index is 0.235. The number of hydrogen-bond donors (Lipinski definition) is 4. The molecule has 0 atom stereocenters.